The van der Waals surface area contributed by atoms with Crippen molar-refractivity contribution in [1.29, 1.82) is 0 Å². The Morgan fingerprint density at radius 1 is 1.56 bits per heavy atom. The fourth-order valence-electron chi connectivity index (χ4n) is 0.697. The molecular formula is C6H8F2O. The number of hydrogen-bond acceptors (Lipinski definition) is 1. The van der Waals surface area contributed by atoms with Crippen LogP contribution < -0.4 is 0 Å². The van der Waals surface area contributed by atoms with Gasteiger partial charge in [-0.25, -0.2) is 8.78 Å². The summed E-state index contributed by atoms with van der Waals surface area (Å²) in [7, 11) is 0. The Balaban J connectivity index is 2.53. The molecule has 0 spiro atoms. The topological polar surface area (TPSA) is 17.1 Å². The summed E-state index contributed by atoms with van der Waals surface area (Å²) in [6.07, 6.45) is -1.50. The summed E-state index contributed by atoms with van der Waals surface area (Å²) in [4.78, 5) is 10.5. The van der Waals surface area contributed by atoms with Crippen molar-refractivity contribution in [2.24, 2.45) is 5.41 Å². The van der Waals surface area contributed by atoms with E-state index in [1.54, 1.807) is 6.92 Å². The first-order valence-electron chi connectivity index (χ1n) is 2.89. The second-order valence-electron chi connectivity index (χ2n) is 2.73. The van der Waals surface area contributed by atoms with Gasteiger partial charge in [0.2, 0.25) is 5.78 Å². The van der Waals surface area contributed by atoms with Crippen molar-refractivity contribution >= 4 is 5.78 Å². The van der Waals surface area contributed by atoms with E-state index in [0.29, 0.717) is 12.8 Å². The molecule has 0 aromatic heterocycles. The van der Waals surface area contributed by atoms with Gasteiger partial charge in [0.05, 0.1) is 0 Å². The van der Waals surface area contributed by atoms with Gasteiger partial charge in [0.25, 0.3) is 6.43 Å². The molecule has 9 heavy (non-hydrogen) atoms. The van der Waals surface area contributed by atoms with Gasteiger partial charge in [-0.2, -0.15) is 0 Å². The van der Waals surface area contributed by atoms with Crippen LogP contribution in [0.25, 0.3) is 0 Å². The highest BCUT2D eigenvalue weighted by atomic mass is 19.3. The molecule has 0 atom stereocenters. The van der Waals surface area contributed by atoms with E-state index in [1.807, 2.05) is 0 Å². The maximum atomic E-state index is 11.6. The van der Waals surface area contributed by atoms with E-state index < -0.39 is 17.6 Å². The van der Waals surface area contributed by atoms with Crippen molar-refractivity contribution in [2.75, 3.05) is 0 Å². The maximum absolute atomic E-state index is 11.6. The summed E-state index contributed by atoms with van der Waals surface area (Å²) < 4.78 is 23.2. The van der Waals surface area contributed by atoms with Crippen LogP contribution in [-0.2, 0) is 4.79 Å². The van der Waals surface area contributed by atoms with E-state index in [1.165, 1.54) is 0 Å². The molecule has 0 bridgehead atoms. The zero-order valence-electron chi connectivity index (χ0n) is 5.16. The van der Waals surface area contributed by atoms with E-state index >= 15 is 0 Å². The first kappa shape index (κ1) is 6.65. The number of alkyl halides is 2. The molecule has 0 N–H and O–H groups in total. The normalized spacial score (nSPS) is 22.2. The summed E-state index contributed by atoms with van der Waals surface area (Å²) in [6.45, 7) is 1.58. The standard InChI is InChI=1S/C6H8F2O/c1-6(2-3-6)4(9)5(7)8/h5H,2-3H2,1H3. The number of rotatable bonds is 2. The van der Waals surface area contributed by atoms with Gasteiger partial charge in [-0.3, -0.25) is 4.79 Å². The van der Waals surface area contributed by atoms with E-state index in [0.717, 1.165) is 0 Å². The van der Waals surface area contributed by atoms with E-state index in [2.05, 4.69) is 0 Å². The predicted octanol–water partition coefficient (Wildman–Crippen LogP) is 1.62. The Labute approximate surface area is 52.1 Å². The molecule has 1 nitrogen and oxygen atoms in total. The minimum absolute atomic E-state index is 0.635. The van der Waals surface area contributed by atoms with E-state index in [9.17, 15) is 13.6 Å². The van der Waals surface area contributed by atoms with Gasteiger partial charge in [-0.1, -0.05) is 6.92 Å². The zero-order valence-corrected chi connectivity index (χ0v) is 5.16. The monoisotopic (exact) mass is 134 g/mol. The fourth-order valence-corrected chi connectivity index (χ4v) is 0.697. The summed E-state index contributed by atoms with van der Waals surface area (Å²) >= 11 is 0. The number of hydrogen-bond donors (Lipinski definition) is 0. The van der Waals surface area contributed by atoms with Crippen molar-refractivity contribution in [1.82, 2.24) is 0 Å². The Bertz CT molecular complexity index is 138. The van der Waals surface area contributed by atoms with E-state index in [-0.39, 0.29) is 0 Å². The molecule has 1 saturated carbocycles. The van der Waals surface area contributed by atoms with Crippen molar-refractivity contribution in [3.05, 3.63) is 0 Å². The lowest BCUT2D eigenvalue weighted by atomic mass is 10.1. The predicted molar refractivity (Wildman–Crippen MR) is 28.4 cm³/mol. The highest BCUT2D eigenvalue weighted by Crippen LogP contribution is 2.46. The number of halogens is 2. The molecule has 0 saturated heterocycles. The molecule has 0 aromatic rings. The summed E-state index contributed by atoms with van der Waals surface area (Å²) in [5.41, 5.74) is -0.659. The highest BCUT2D eigenvalue weighted by Gasteiger charge is 2.48. The Morgan fingerprint density at radius 3 is 2.11 bits per heavy atom. The molecule has 0 amide bonds. The zero-order chi connectivity index (χ0) is 7.07. The third-order valence-corrected chi connectivity index (χ3v) is 1.79. The van der Waals surface area contributed by atoms with Crippen LogP contribution in [0.4, 0.5) is 8.78 Å². The van der Waals surface area contributed by atoms with Crippen LogP contribution in [0.1, 0.15) is 19.8 Å². The molecule has 3 heteroatoms. The summed E-state index contributed by atoms with van der Waals surface area (Å²) in [5, 5.41) is 0. The minimum Gasteiger partial charge on any atom is -0.293 e. The van der Waals surface area contributed by atoms with Crippen LogP contribution >= 0.6 is 0 Å². The number of Topliss-reactive ketones (excluding diaryl/α,β-unsaturated/α-hetero) is 1. The molecule has 52 valence electrons. The number of ketones is 1. The van der Waals surface area contributed by atoms with Crippen LogP contribution in [-0.4, -0.2) is 12.2 Å². The molecule has 1 aliphatic carbocycles. The van der Waals surface area contributed by atoms with Crippen LogP contribution in [0.15, 0.2) is 0 Å². The van der Waals surface area contributed by atoms with E-state index in [4.69, 9.17) is 0 Å². The second-order valence-corrected chi connectivity index (χ2v) is 2.73. The second kappa shape index (κ2) is 1.75. The molecule has 0 unspecified atom stereocenters. The Kier molecular flexibility index (Phi) is 1.30. The molecule has 1 rings (SSSR count). The molecule has 0 aromatic carbocycles. The lowest BCUT2D eigenvalue weighted by Crippen LogP contribution is -2.19. The lowest BCUT2D eigenvalue weighted by molar-refractivity contribution is -0.134. The van der Waals surface area contributed by atoms with Gasteiger partial charge < -0.3 is 0 Å². The summed E-state index contributed by atoms with van der Waals surface area (Å²) in [6, 6.07) is 0. The molecule has 1 fully saturated rings. The van der Waals surface area contributed by atoms with Crippen molar-refractivity contribution in [2.45, 2.75) is 26.2 Å². The maximum Gasteiger partial charge on any atom is 0.296 e. The fraction of sp³-hybridized carbons (Fsp3) is 0.833. The van der Waals surface area contributed by atoms with Gasteiger partial charge in [0.15, 0.2) is 0 Å². The molecule has 0 heterocycles. The van der Waals surface area contributed by atoms with Crippen molar-refractivity contribution in [3.8, 4) is 0 Å². The third-order valence-electron chi connectivity index (χ3n) is 1.79. The molecule has 0 radical (unpaired) electrons. The summed E-state index contributed by atoms with van der Waals surface area (Å²) in [5.74, 6) is -0.887. The quantitative estimate of drug-likeness (QED) is 0.560. The SMILES string of the molecule is CC1(C(=O)C(F)F)CC1. The average molecular weight is 134 g/mol. The van der Waals surface area contributed by atoms with Crippen LogP contribution in [0.3, 0.4) is 0 Å². The minimum atomic E-state index is -2.77. The van der Waals surface area contributed by atoms with Crippen LogP contribution in [0.5, 0.6) is 0 Å². The van der Waals surface area contributed by atoms with Gasteiger partial charge in [0.1, 0.15) is 0 Å². The van der Waals surface area contributed by atoms with Gasteiger partial charge in [-0.05, 0) is 12.8 Å². The average Bonchev–Trinajstić information content (AvgIpc) is 2.47. The first-order chi connectivity index (χ1) is 4.06. The largest absolute Gasteiger partial charge is 0.296 e. The lowest BCUT2D eigenvalue weighted by Gasteiger charge is -2.03. The van der Waals surface area contributed by atoms with Gasteiger partial charge >= 0.3 is 0 Å². The molecular weight excluding hydrogens is 126 g/mol. The number of carbonyl (C=O) groups is 1. The third kappa shape index (κ3) is 1.09. The van der Waals surface area contributed by atoms with Crippen LogP contribution in [0, 0.1) is 5.41 Å². The molecule has 0 aliphatic heterocycles. The first-order valence-corrected chi connectivity index (χ1v) is 2.89. The van der Waals surface area contributed by atoms with Gasteiger partial charge in [0, 0.05) is 5.41 Å². The molecule has 1 aliphatic rings. The smallest absolute Gasteiger partial charge is 0.293 e. The highest BCUT2D eigenvalue weighted by molar-refractivity contribution is 5.89. The van der Waals surface area contributed by atoms with Crippen molar-refractivity contribution in [3.63, 3.8) is 0 Å². The number of carbonyl (C=O) groups excluding carboxylic acids is 1. The van der Waals surface area contributed by atoms with Crippen molar-refractivity contribution < 1.29 is 13.6 Å². The Hall–Kier alpha value is -0.470. The van der Waals surface area contributed by atoms with Crippen LogP contribution in [0.2, 0.25) is 0 Å². The Morgan fingerprint density at radius 2 is 2.00 bits per heavy atom. The van der Waals surface area contributed by atoms with Gasteiger partial charge in [-0.15, -0.1) is 0 Å².